The lowest BCUT2D eigenvalue weighted by atomic mass is 9.86. The summed E-state index contributed by atoms with van der Waals surface area (Å²) >= 11 is 8.04. The molecule has 0 saturated carbocycles. The second kappa shape index (κ2) is 6.58. The van der Waals surface area contributed by atoms with Crippen LogP contribution in [0.5, 0.6) is 0 Å². The molecule has 0 fully saturated rings. The zero-order chi connectivity index (χ0) is 17.3. The molecule has 0 aliphatic heterocycles. The van der Waals surface area contributed by atoms with E-state index in [1.54, 1.807) is 11.3 Å². The molecule has 3 rings (SSSR count). The van der Waals surface area contributed by atoms with Gasteiger partial charge < -0.3 is 5.32 Å². The summed E-state index contributed by atoms with van der Waals surface area (Å²) in [4.78, 5) is 5.85. The van der Waals surface area contributed by atoms with Crippen molar-refractivity contribution in [2.45, 2.75) is 26.2 Å². The van der Waals surface area contributed by atoms with E-state index in [2.05, 4.69) is 50.4 Å². The molecule has 0 atom stereocenters. The molecule has 0 amide bonds. The Morgan fingerprint density at radius 3 is 2.25 bits per heavy atom. The first-order valence-electron chi connectivity index (χ1n) is 7.94. The highest BCUT2D eigenvalue weighted by Gasteiger charge is 2.18. The van der Waals surface area contributed by atoms with E-state index >= 15 is 0 Å². The van der Waals surface area contributed by atoms with Crippen LogP contribution < -0.4 is 5.32 Å². The van der Waals surface area contributed by atoms with E-state index in [1.807, 2.05) is 31.3 Å². The monoisotopic (exact) mass is 356 g/mol. The number of benzene rings is 2. The van der Waals surface area contributed by atoms with Crippen molar-refractivity contribution in [1.29, 1.82) is 0 Å². The Labute approximate surface area is 152 Å². The normalized spacial score (nSPS) is 11.5. The molecular weight excluding hydrogens is 336 g/mol. The summed E-state index contributed by atoms with van der Waals surface area (Å²) in [6, 6.07) is 16.6. The van der Waals surface area contributed by atoms with Crippen LogP contribution in [0.3, 0.4) is 0 Å². The van der Waals surface area contributed by atoms with Crippen molar-refractivity contribution in [2.24, 2.45) is 0 Å². The molecule has 0 radical (unpaired) electrons. The molecule has 0 aliphatic rings. The second-order valence-corrected chi connectivity index (χ2v) is 8.16. The van der Waals surface area contributed by atoms with Crippen molar-refractivity contribution in [1.82, 2.24) is 4.98 Å². The summed E-state index contributed by atoms with van der Waals surface area (Å²) in [5.41, 5.74) is 4.55. The summed E-state index contributed by atoms with van der Waals surface area (Å²) in [5, 5.41) is 4.78. The first-order valence-corrected chi connectivity index (χ1v) is 9.14. The van der Waals surface area contributed by atoms with Crippen LogP contribution in [0, 0.1) is 0 Å². The lowest BCUT2D eigenvalue weighted by Crippen LogP contribution is -2.10. The Morgan fingerprint density at radius 2 is 1.67 bits per heavy atom. The fourth-order valence-electron chi connectivity index (χ4n) is 2.58. The van der Waals surface area contributed by atoms with Crippen LogP contribution in [0.25, 0.3) is 21.7 Å². The molecule has 0 saturated heterocycles. The van der Waals surface area contributed by atoms with Crippen molar-refractivity contribution >= 4 is 28.1 Å². The summed E-state index contributed by atoms with van der Waals surface area (Å²) in [6.45, 7) is 6.66. The molecule has 24 heavy (non-hydrogen) atoms. The highest BCUT2D eigenvalue weighted by atomic mass is 35.5. The zero-order valence-corrected chi connectivity index (χ0v) is 15.9. The van der Waals surface area contributed by atoms with Crippen molar-refractivity contribution in [3.05, 3.63) is 59.1 Å². The highest BCUT2D eigenvalue weighted by Crippen LogP contribution is 2.41. The average molecular weight is 357 g/mol. The summed E-state index contributed by atoms with van der Waals surface area (Å²) in [5.74, 6) is 0. The number of aromatic nitrogens is 1. The molecule has 2 aromatic carbocycles. The molecule has 0 bridgehead atoms. The van der Waals surface area contributed by atoms with Gasteiger partial charge in [0.25, 0.3) is 0 Å². The Hall–Kier alpha value is -1.84. The van der Waals surface area contributed by atoms with Crippen LogP contribution in [0.15, 0.2) is 48.5 Å². The number of hydrogen-bond acceptors (Lipinski definition) is 3. The van der Waals surface area contributed by atoms with Crippen LogP contribution in [0.1, 0.15) is 26.3 Å². The van der Waals surface area contributed by atoms with E-state index in [0.717, 1.165) is 31.9 Å². The fraction of sp³-hybridized carbons (Fsp3) is 0.250. The largest absolute Gasteiger partial charge is 0.365 e. The molecule has 0 spiro atoms. The molecule has 124 valence electrons. The van der Waals surface area contributed by atoms with Gasteiger partial charge in [0.1, 0.15) is 0 Å². The predicted molar refractivity (Wildman–Crippen MR) is 106 cm³/mol. The number of halogens is 1. The van der Waals surface area contributed by atoms with Crippen LogP contribution in [-0.2, 0) is 5.41 Å². The quantitative estimate of drug-likeness (QED) is 0.581. The molecule has 4 heteroatoms. The topological polar surface area (TPSA) is 24.9 Å². The van der Waals surface area contributed by atoms with E-state index in [9.17, 15) is 0 Å². The van der Waals surface area contributed by atoms with E-state index in [4.69, 9.17) is 16.6 Å². The van der Waals surface area contributed by atoms with E-state index in [1.165, 1.54) is 5.56 Å². The maximum atomic E-state index is 6.41. The fourth-order valence-corrected chi connectivity index (χ4v) is 3.85. The first kappa shape index (κ1) is 17.0. The van der Waals surface area contributed by atoms with Crippen molar-refractivity contribution in [3.63, 3.8) is 0 Å². The Balaban J connectivity index is 2.11. The van der Waals surface area contributed by atoms with Gasteiger partial charge in [-0.2, -0.15) is 0 Å². The SMILES string of the molecule is CNc1nc(-c2ccc(C(C)(C)C)cc2)c(-c2ccccc2Cl)s1. The molecule has 2 nitrogen and oxygen atoms in total. The third-order valence-electron chi connectivity index (χ3n) is 3.98. The van der Waals surface area contributed by atoms with Crippen LogP contribution in [0.2, 0.25) is 5.02 Å². The van der Waals surface area contributed by atoms with Gasteiger partial charge >= 0.3 is 0 Å². The minimum Gasteiger partial charge on any atom is -0.365 e. The van der Waals surface area contributed by atoms with Gasteiger partial charge in [-0.15, -0.1) is 0 Å². The number of anilines is 1. The van der Waals surface area contributed by atoms with Gasteiger partial charge in [-0.05, 0) is 17.0 Å². The Morgan fingerprint density at radius 1 is 1.00 bits per heavy atom. The maximum Gasteiger partial charge on any atom is 0.183 e. The van der Waals surface area contributed by atoms with Gasteiger partial charge in [0.2, 0.25) is 0 Å². The van der Waals surface area contributed by atoms with Gasteiger partial charge in [-0.25, -0.2) is 4.98 Å². The zero-order valence-electron chi connectivity index (χ0n) is 14.4. The third-order valence-corrected chi connectivity index (χ3v) is 5.42. The minimum absolute atomic E-state index is 0.141. The Kier molecular flexibility index (Phi) is 4.66. The maximum absolute atomic E-state index is 6.41. The van der Waals surface area contributed by atoms with Crippen LogP contribution >= 0.6 is 22.9 Å². The van der Waals surface area contributed by atoms with Crippen molar-refractivity contribution < 1.29 is 0 Å². The Bertz CT molecular complexity index is 845. The molecular formula is C20H21ClN2S. The minimum atomic E-state index is 0.141. The van der Waals surface area contributed by atoms with Gasteiger partial charge in [0.15, 0.2) is 5.13 Å². The first-order chi connectivity index (χ1) is 11.4. The van der Waals surface area contributed by atoms with Gasteiger partial charge in [-0.3, -0.25) is 0 Å². The number of nitrogens with one attached hydrogen (secondary N) is 1. The lowest BCUT2D eigenvalue weighted by Gasteiger charge is -2.19. The second-order valence-electron chi connectivity index (χ2n) is 6.75. The van der Waals surface area contributed by atoms with Crippen molar-refractivity contribution in [3.8, 4) is 21.7 Å². The smallest absolute Gasteiger partial charge is 0.183 e. The van der Waals surface area contributed by atoms with Gasteiger partial charge in [-0.1, -0.05) is 86.2 Å². The summed E-state index contributed by atoms with van der Waals surface area (Å²) in [7, 11) is 1.89. The molecule has 0 aliphatic carbocycles. The molecule has 1 heterocycles. The number of nitrogens with zero attached hydrogens (tertiary/aromatic N) is 1. The number of thiazole rings is 1. The number of hydrogen-bond donors (Lipinski definition) is 1. The molecule has 1 aromatic heterocycles. The molecule has 1 N–H and O–H groups in total. The van der Waals surface area contributed by atoms with Crippen LogP contribution in [-0.4, -0.2) is 12.0 Å². The highest BCUT2D eigenvalue weighted by molar-refractivity contribution is 7.19. The van der Waals surface area contributed by atoms with Crippen molar-refractivity contribution in [2.75, 3.05) is 12.4 Å². The van der Waals surface area contributed by atoms with E-state index in [0.29, 0.717) is 0 Å². The van der Waals surface area contributed by atoms with E-state index < -0.39 is 0 Å². The average Bonchev–Trinajstić information content (AvgIpc) is 2.99. The predicted octanol–water partition coefficient (Wildman–Crippen LogP) is 6.47. The van der Waals surface area contributed by atoms with Gasteiger partial charge in [0.05, 0.1) is 10.6 Å². The lowest BCUT2D eigenvalue weighted by molar-refractivity contribution is 0.590. The van der Waals surface area contributed by atoms with Gasteiger partial charge in [0, 0.05) is 23.2 Å². The molecule has 3 aromatic rings. The summed E-state index contributed by atoms with van der Waals surface area (Å²) < 4.78 is 0. The third kappa shape index (κ3) is 3.33. The standard InChI is InChI=1S/C20H21ClN2S/c1-20(2,3)14-11-9-13(10-12-14)17-18(24-19(22-4)23-17)15-7-5-6-8-16(15)21/h5-12H,1-4H3,(H,22,23). The number of rotatable bonds is 3. The molecule has 0 unspecified atom stereocenters. The summed E-state index contributed by atoms with van der Waals surface area (Å²) in [6.07, 6.45) is 0. The van der Waals surface area contributed by atoms with Crippen LogP contribution in [0.4, 0.5) is 5.13 Å². The van der Waals surface area contributed by atoms with E-state index in [-0.39, 0.29) is 5.41 Å².